The molecule has 1 aromatic carbocycles. The van der Waals surface area contributed by atoms with Gasteiger partial charge < -0.3 is 18.9 Å². The van der Waals surface area contributed by atoms with Crippen molar-refractivity contribution in [2.75, 3.05) is 13.4 Å². The Morgan fingerprint density at radius 1 is 1.14 bits per heavy atom. The van der Waals surface area contributed by atoms with E-state index in [1.165, 1.54) is 4.73 Å². The van der Waals surface area contributed by atoms with Crippen LogP contribution in [0.4, 0.5) is 0 Å². The van der Waals surface area contributed by atoms with Crippen LogP contribution in [0.1, 0.15) is 27.7 Å². The Morgan fingerprint density at radius 3 is 2.39 bits per heavy atom. The van der Waals surface area contributed by atoms with E-state index < -0.39 is 26.4 Å². The first-order valence-electron chi connectivity index (χ1n) is 9.62. The topological polar surface area (TPSA) is 58.9 Å². The van der Waals surface area contributed by atoms with E-state index in [1.54, 1.807) is 0 Å². The van der Waals surface area contributed by atoms with Crippen LogP contribution in [0.5, 0.6) is 0 Å². The number of rotatable bonds is 7. The van der Waals surface area contributed by atoms with Crippen LogP contribution in [0.3, 0.4) is 0 Å². The van der Waals surface area contributed by atoms with Crippen molar-refractivity contribution in [2.45, 2.75) is 64.6 Å². The molecule has 1 aromatic heterocycles. The fourth-order valence-corrected chi connectivity index (χ4v) is 4.42. The summed E-state index contributed by atoms with van der Waals surface area (Å²) < 4.78 is 19.9. The van der Waals surface area contributed by atoms with Gasteiger partial charge in [0.1, 0.15) is 5.52 Å². The van der Waals surface area contributed by atoms with Crippen LogP contribution in [-0.2, 0) is 14.0 Å². The standard InChI is InChI=1S/C19H30BNO5SSi/c1-18(2)19(3,4)26-20(25-18)14-8-9-15-16(12-14)27-17(22)21(15)24-13-23-10-11-28(5,6)7/h8-9,12H,10-11,13H2,1-7H3. The van der Waals surface area contributed by atoms with Gasteiger partial charge in [-0.25, -0.2) is 0 Å². The first-order valence-corrected chi connectivity index (χ1v) is 14.1. The molecule has 0 unspecified atom stereocenters. The second kappa shape index (κ2) is 7.61. The molecule has 154 valence electrons. The van der Waals surface area contributed by atoms with Crippen molar-refractivity contribution in [1.82, 2.24) is 4.73 Å². The Labute approximate surface area is 171 Å². The highest BCUT2D eigenvalue weighted by Crippen LogP contribution is 2.36. The summed E-state index contributed by atoms with van der Waals surface area (Å²) in [5, 5.41) is 0. The zero-order chi connectivity index (χ0) is 20.7. The van der Waals surface area contributed by atoms with Gasteiger partial charge >= 0.3 is 12.0 Å². The monoisotopic (exact) mass is 423 g/mol. The predicted octanol–water partition coefficient (Wildman–Crippen LogP) is 3.10. The number of ether oxygens (including phenoxy) is 1. The molecule has 0 N–H and O–H groups in total. The van der Waals surface area contributed by atoms with Gasteiger partial charge in [0, 0.05) is 14.7 Å². The van der Waals surface area contributed by atoms with E-state index in [-0.39, 0.29) is 11.7 Å². The molecule has 0 saturated carbocycles. The van der Waals surface area contributed by atoms with E-state index in [1.807, 2.05) is 45.9 Å². The SMILES string of the molecule is CC1(C)OB(c2ccc3c(c2)sc(=O)n3OCOCC[Si](C)(C)C)OC1(C)C. The smallest absolute Gasteiger partial charge is 0.399 e. The summed E-state index contributed by atoms with van der Waals surface area (Å²) in [6.07, 6.45) is 0. The molecule has 1 fully saturated rings. The molecule has 0 spiro atoms. The van der Waals surface area contributed by atoms with E-state index in [0.29, 0.717) is 6.61 Å². The summed E-state index contributed by atoms with van der Waals surface area (Å²) in [7, 11) is -1.59. The third-order valence-electron chi connectivity index (χ3n) is 5.35. The van der Waals surface area contributed by atoms with Gasteiger partial charge in [-0.15, -0.1) is 4.73 Å². The summed E-state index contributed by atoms with van der Waals surface area (Å²) in [4.78, 5) is 17.8. The molecule has 1 aliphatic heterocycles. The minimum absolute atomic E-state index is 0.0647. The van der Waals surface area contributed by atoms with E-state index in [4.69, 9.17) is 18.9 Å². The van der Waals surface area contributed by atoms with Crippen LogP contribution in [0, 0.1) is 0 Å². The van der Waals surface area contributed by atoms with Crippen LogP contribution in [0.2, 0.25) is 25.7 Å². The molecule has 0 radical (unpaired) electrons. The zero-order valence-corrected chi connectivity index (χ0v) is 19.6. The first kappa shape index (κ1) is 21.6. The lowest BCUT2D eigenvalue weighted by atomic mass is 9.79. The molecule has 2 aromatic rings. The Hall–Kier alpha value is -1.13. The number of aromatic nitrogens is 1. The molecule has 6 nitrogen and oxygen atoms in total. The molecule has 3 rings (SSSR count). The van der Waals surface area contributed by atoms with Crippen molar-refractivity contribution < 1.29 is 18.9 Å². The van der Waals surface area contributed by atoms with E-state index in [2.05, 4.69) is 19.6 Å². The van der Waals surface area contributed by atoms with Crippen molar-refractivity contribution in [3.63, 3.8) is 0 Å². The number of thiazole rings is 1. The molecular weight excluding hydrogens is 393 g/mol. The second-order valence-electron chi connectivity index (χ2n) is 9.44. The highest BCUT2D eigenvalue weighted by molar-refractivity contribution is 7.16. The Kier molecular flexibility index (Phi) is 5.86. The molecule has 28 heavy (non-hydrogen) atoms. The van der Waals surface area contributed by atoms with Crippen molar-refractivity contribution in [3.8, 4) is 0 Å². The quantitative estimate of drug-likeness (QED) is 0.389. The number of fused-ring (bicyclic) bond motifs is 1. The molecule has 0 amide bonds. The van der Waals surface area contributed by atoms with Gasteiger partial charge in [0.05, 0.1) is 15.9 Å². The highest BCUT2D eigenvalue weighted by atomic mass is 32.1. The van der Waals surface area contributed by atoms with Crippen molar-refractivity contribution in [2.24, 2.45) is 0 Å². The fraction of sp³-hybridized carbons (Fsp3) is 0.632. The Bertz CT molecular complexity index is 886. The molecular formula is C19H30BNO5SSi. The maximum Gasteiger partial charge on any atom is 0.494 e. The van der Waals surface area contributed by atoms with E-state index in [0.717, 1.165) is 33.1 Å². The average Bonchev–Trinajstić information content (AvgIpc) is 2.98. The van der Waals surface area contributed by atoms with Gasteiger partial charge in [0.2, 0.25) is 6.79 Å². The van der Waals surface area contributed by atoms with Crippen LogP contribution >= 0.6 is 11.3 Å². The summed E-state index contributed by atoms with van der Waals surface area (Å²) in [5.41, 5.74) is 0.819. The Balaban J connectivity index is 1.71. The highest BCUT2D eigenvalue weighted by Gasteiger charge is 2.51. The van der Waals surface area contributed by atoms with Crippen LogP contribution in [-0.4, -0.2) is 44.5 Å². The first-order chi connectivity index (χ1) is 12.9. The van der Waals surface area contributed by atoms with Gasteiger partial charge in [0.15, 0.2) is 0 Å². The molecule has 1 aliphatic rings. The summed E-state index contributed by atoms with van der Waals surface area (Å²) in [6, 6.07) is 6.79. The summed E-state index contributed by atoms with van der Waals surface area (Å²) in [6.45, 7) is 15.7. The summed E-state index contributed by atoms with van der Waals surface area (Å²) in [5.74, 6) is 0. The molecule has 0 bridgehead atoms. The van der Waals surface area contributed by atoms with E-state index >= 15 is 0 Å². The number of hydrogen-bond donors (Lipinski definition) is 0. The maximum atomic E-state index is 12.3. The average molecular weight is 423 g/mol. The van der Waals surface area contributed by atoms with Crippen molar-refractivity contribution in [1.29, 1.82) is 0 Å². The molecule has 9 heteroatoms. The zero-order valence-electron chi connectivity index (χ0n) is 17.8. The number of hydrogen-bond acceptors (Lipinski definition) is 6. The van der Waals surface area contributed by atoms with Crippen LogP contribution < -0.4 is 15.2 Å². The van der Waals surface area contributed by atoms with Gasteiger partial charge in [-0.2, -0.15) is 0 Å². The van der Waals surface area contributed by atoms with Crippen LogP contribution in [0.15, 0.2) is 23.0 Å². The lowest BCUT2D eigenvalue weighted by molar-refractivity contribution is -0.0535. The third-order valence-corrected chi connectivity index (χ3v) is 7.94. The van der Waals surface area contributed by atoms with Gasteiger partial charge in [-0.05, 0) is 51.3 Å². The Morgan fingerprint density at radius 2 is 1.79 bits per heavy atom. The van der Waals surface area contributed by atoms with Crippen molar-refractivity contribution in [3.05, 3.63) is 27.9 Å². The fourth-order valence-electron chi connectivity index (χ4n) is 2.79. The lowest BCUT2D eigenvalue weighted by Gasteiger charge is -2.32. The van der Waals surface area contributed by atoms with Gasteiger partial charge in [-0.1, -0.05) is 37.0 Å². The number of nitrogens with zero attached hydrogens (tertiary/aromatic N) is 1. The van der Waals surface area contributed by atoms with Crippen LogP contribution in [0.25, 0.3) is 10.2 Å². The molecule has 0 aliphatic carbocycles. The summed E-state index contributed by atoms with van der Waals surface area (Å²) >= 11 is 1.14. The molecule has 2 heterocycles. The minimum Gasteiger partial charge on any atom is -0.399 e. The largest absolute Gasteiger partial charge is 0.494 e. The minimum atomic E-state index is -1.14. The second-order valence-corrected chi connectivity index (χ2v) is 16.1. The van der Waals surface area contributed by atoms with E-state index in [9.17, 15) is 4.79 Å². The van der Waals surface area contributed by atoms with Gasteiger partial charge in [0.25, 0.3) is 0 Å². The van der Waals surface area contributed by atoms with Gasteiger partial charge in [-0.3, -0.25) is 4.79 Å². The predicted molar refractivity (Wildman–Crippen MR) is 117 cm³/mol. The maximum absolute atomic E-state index is 12.3. The molecule has 1 saturated heterocycles. The number of benzene rings is 1. The van der Waals surface area contributed by atoms with Crippen molar-refractivity contribution >= 4 is 42.2 Å². The third kappa shape index (κ3) is 4.54. The molecule has 0 atom stereocenters. The normalized spacial score (nSPS) is 18.8. The lowest BCUT2D eigenvalue weighted by Crippen LogP contribution is -2.41.